The second-order valence-corrected chi connectivity index (χ2v) is 6.00. The van der Waals surface area contributed by atoms with Crippen molar-refractivity contribution in [3.8, 4) is 11.5 Å². The van der Waals surface area contributed by atoms with E-state index in [2.05, 4.69) is 5.32 Å². The van der Waals surface area contributed by atoms with Crippen LogP contribution in [-0.4, -0.2) is 40.8 Å². The molecule has 0 atom stereocenters. The number of ether oxygens (including phenoxy) is 2. The van der Waals surface area contributed by atoms with Crippen molar-refractivity contribution in [3.05, 3.63) is 17.7 Å². The first-order valence-corrected chi connectivity index (χ1v) is 7.80. The van der Waals surface area contributed by atoms with E-state index in [0.29, 0.717) is 11.5 Å². The van der Waals surface area contributed by atoms with Gasteiger partial charge in [-0.15, -0.1) is 0 Å². The Hall–Kier alpha value is -2.00. The van der Waals surface area contributed by atoms with Gasteiger partial charge in [0.25, 0.3) is 5.91 Å². The molecule has 8 nitrogen and oxygen atoms in total. The van der Waals surface area contributed by atoms with Crippen molar-refractivity contribution >= 4 is 21.6 Å². The van der Waals surface area contributed by atoms with Crippen LogP contribution in [0.2, 0.25) is 0 Å². The van der Waals surface area contributed by atoms with E-state index in [1.807, 2.05) is 0 Å². The average molecular weight is 317 g/mol. The lowest BCUT2D eigenvalue weighted by atomic mass is 10.1. The summed E-state index contributed by atoms with van der Waals surface area (Å²) in [6.07, 6.45) is 0.220. The van der Waals surface area contributed by atoms with Crippen LogP contribution in [-0.2, 0) is 10.0 Å². The molecule has 0 heterocycles. The first-order chi connectivity index (χ1) is 9.78. The molecule has 0 aromatic heterocycles. The van der Waals surface area contributed by atoms with Gasteiger partial charge in [0.05, 0.1) is 25.5 Å². The predicted octanol–water partition coefficient (Wildman–Crippen LogP) is -0.306. The summed E-state index contributed by atoms with van der Waals surface area (Å²) in [6.45, 7) is 0.170. The maximum Gasteiger partial charge on any atom is 0.253 e. The van der Waals surface area contributed by atoms with E-state index in [1.165, 1.54) is 26.4 Å². The Morgan fingerprint density at radius 3 is 2.33 bits per heavy atom. The molecular formula is C12H19N3O5S. The quantitative estimate of drug-likeness (QED) is 0.467. The number of hydrogen-bond donors (Lipinski definition) is 3. The van der Waals surface area contributed by atoms with Crippen molar-refractivity contribution in [1.82, 2.24) is 5.32 Å². The molecule has 118 valence electrons. The van der Waals surface area contributed by atoms with Crippen LogP contribution >= 0.6 is 0 Å². The molecular weight excluding hydrogens is 298 g/mol. The summed E-state index contributed by atoms with van der Waals surface area (Å²) in [7, 11) is -0.618. The van der Waals surface area contributed by atoms with E-state index >= 15 is 0 Å². The summed E-state index contributed by atoms with van der Waals surface area (Å²) < 4.78 is 31.7. The van der Waals surface area contributed by atoms with Crippen LogP contribution in [0, 0.1) is 0 Å². The van der Waals surface area contributed by atoms with E-state index in [9.17, 15) is 13.2 Å². The van der Waals surface area contributed by atoms with E-state index in [0.717, 1.165) is 0 Å². The van der Waals surface area contributed by atoms with Crippen molar-refractivity contribution in [2.45, 2.75) is 6.42 Å². The molecule has 0 aliphatic heterocycles. The zero-order valence-corrected chi connectivity index (χ0v) is 12.7. The number of sulfonamides is 1. The molecule has 1 rings (SSSR count). The number of amides is 1. The Balaban J connectivity index is 2.74. The SMILES string of the molecule is COc1cc(N)c(C(=O)NCCCS(N)(=O)=O)cc1OC. The van der Waals surface area contributed by atoms with E-state index < -0.39 is 15.9 Å². The van der Waals surface area contributed by atoms with E-state index in [1.54, 1.807) is 0 Å². The van der Waals surface area contributed by atoms with Crippen LogP contribution in [0.5, 0.6) is 11.5 Å². The van der Waals surface area contributed by atoms with Crippen LogP contribution in [0.25, 0.3) is 0 Å². The van der Waals surface area contributed by atoms with Gasteiger partial charge in [-0.2, -0.15) is 0 Å². The molecule has 1 amide bonds. The molecule has 1 aromatic rings. The van der Waals surface area contributed by atoms with Crippen molar-refractivity contribution in [2.24, 2.45) is 5.14 Å². The number of benzene rings is 1. The van der Waals surface area contributed by atoms with Gasteiger partial charge in [0.1, 0.15) is 0 Å². The molecule has 5 N–H and O–H groups in total. The third kappa shape index (κ3) is 5.12. The van der Waals surface area contributed by atoms with Crippen molar-refractivity contribution in [2.75, 3.05) is 32.3 Å². The number of rotatable bonds is 7. The monoisotopic (exact) mass is 317 g/mol. The lowest BCUT2D eigenvalue weighted by molar-refractivity contribution is 0.0954. The zero-order valence-electron chi connectivity index (χ0n) is 11.9. The highest BCUT2D eigenvalue weighted by Gasteiger charge is 2.15. The van der Waals surface area contributed by atoms with Crippen LogP contribution in [0.3, 0.4) is 0 Å². The highest BCUT2D eigenvalue weighted by Crippen LogP contribution is 2.31. The number of primary sulfonamides is 1. The molecule has 21 heavy (non-hydrogen) atoms. The van der Waals surface area contributed by atoms with Crippen LogP contribution < -0.4 is 25.7 Å². The van der Waals surface area contributed by atoms with Crippen LogP contribution in [0.4, 0.5) is 5.69 Å². The molecule has 0 bridgehead atoms. The maximum absolute atomic E-state index is 12.0. The summed E-state index contributed by atoms with van der Waals surface area (Å²) in [4.78, 5) is 12.0. The van der Waals surface area contributed by atoms with Crippen molar-refractivity contribution in [1.29, 1.82) is 0 Å². The highest BCUT2D eigenvalue weighted by atomic mass is 32.2. The first kappa shape index (κ1) is 17.1. The van der Waals surface area contributed by atoms with Gasteiger partial charge >= 0.3 is 0 Å². The molecule has 9 heteroatoms. The largest absolute Gasteiger partial charge is 0.493 e. The second kappa shape index (κ2) is 7.14. The van der Waals surface area contributed by atoms with Crippen molar-refractivity contribution < 1.29 is 22.7 Å². The van der Waals surface area contributed by atoms with Gasteiger partial charge in [-0.25, -0.2) is 13.6 Å². The Kier molecular flexibility index (Phi) is 5.79. The van der Waals surface area contributed by atoms with Gasteiger partial charge in [-0.3, -0.25) is 4.79 Å². The van der Waals surface area contributed by atoms with Gasteiger partial charge in [-0.05, 0) is 12.5 Å². The number of nitrogens with one attached hydrogen (secondary N) is 1. The number of carbonyl (C=O) groups excluding carboxylic acids is 1. The number of hydrogen-bond acceptors (Lipinski definition) is 6. The summed E-state index contributed by atoms with van der Waals surface area (Å²) in [6, 6.07) is 2.95. The summed E-state index contributed by atoms with van der Waals surface area (Å²) in [5, 5.41) is 7.43. The number of nitrogen functional groups attached to an aromatic ring is 1. The Labute approximate surface area is 123 Å². The standard InChI is InChI=1S/C12H19N3O5S/c1-19-10-6-8(9(13)7-11(10)20-2)12(16)15-4-3-5-21(14,17)18/h6-7H,3-5,13H2,1-2H3,(H,15,16)(H2,14,17,18). The minimum Gasteiger partial charge on any atom is -0.493 e. The van der Waals surface area contributed by atoms with Gasteiger partial charge in [0.2, 0.25) is 10.0 Å². The zero-order chi connectivity index (χ0) is 16.0. The third-order valence-corrected chi connectivity index (χ3v) is 3.55. The predicted molar refractivity (Wildman–Crippen MR) is 78.9 cm³/mol. The molecule has 0 saturated heterocycles. The fraction of sp³-hybridized carbons (Fsp3) is 0.417. The van der Waals surface area contributed by atoms with Gasteiger partial charge in [0, 0.05) is 18.3 Å². The Bertz CT molecular complexity index is 616. The summed E-state index contributed by atoms with van der Waals surface area (Å²) in [5.74, 6) is 0.166. The number of methoxy groups -OCH3 is 2. The summed E-state index contributed by atoms with van der Waals surface area (Å²) >= 11 is 0. The average Bonchev–Trinajstić information content (AvgIpc) is 2.41. The molecule has 0 unspecified atom stereocenters. The minimum absolute atomic E-state index is 0.170. The van der Waals surface area contributed by atoms with Crippen LogP contribution in [0.1, 0.15) is 16.8 Å². The smallest absolute Gasteiger partial charge is 0.253 e. The maximum atomic E-state index is 12.0. The normalized spacial score (nSPS) is 11.0. The minimum atomic E-state index is -3.53. The fourth-order valence-corrected chi connectivity index (χ4v) is 2.21. The molecule has 0 aliphatic carbocycles. The first-order valence-electron chi connectivity index (χ1n) is 6.08. The van der Waals surface area contributed by atoms with Gasteiger partial charge in [-0.1, -0.05) is 0 Å². The number of anilines is 1. The van der Waals surface area contributed by atoms with Gasteiger partial charge < -0.3 is 20.5 Å². The third-order valence-electron chi connectivity index (χ3n) is 2.69. The number of nitrogens with two attached hydrogens (primary N) is 2. The van der Waals surface area contributed by atoms with Gasteiger partial charge in [0.15, 0.2) is 11.5 Å². The fourth-order valence-electron chi connectivity index (χ4n) is 1.66. The molecule has 0 saturated carbocycles. The topological polar surface area (TPSA) is 134 Å². The molecule has 0 spiro atoms. The molecule has 0 radical (unpaired) electrons. The van der Waals surface area contributed by atoms with Crippen LogP contribution in [0.15, 0.2) is 12.1 Å². The Morgan fingerprint density at radius 1 is 1.24 bits per heavy atom. The lowest BCUT2D eigenvalue weighted by Crippen LogP contribution is -2.28. The molecule has 0 aliphatic rings. The number of carbonyl (C=O) groups is 1. The molecule has 0 fully saturated rings. The highest BCUT2D eigenvalue weighted by molar-refractivity contribution is 7.89. The Morgan fingerprint density at radius 2 is 1.81 bits per heavy atom. The second-order valence-electron chi connectivity index (χ2n) is 4.27. The van der Waals surface area contributed by atoms with E-state index in [4.69, 9.17) is 20.3 Å². The van der Waals surface area contributed by atoms with Crippen molar-refractivity contribution in [3.63, 3.8) is 0 Å². The van der Waals surface area contributed by atoms with E-state index in [-0.39, 0.29) is 30.0 Å². The molecule has 1 aromatic carbocycles. The summed E-state index contributed by atoms with van der Waals surface area (Å²) in [5.41, 5.74) is 6.24. The lowest BCUT2D eigenvalue weighted by Gasteiger charge is -2.12.